The Hall–Kier alpha value is -3.39. The van der Waals surface area contributed by atoms with E-state index in [-0.39, 0.29) is 5.91 Å². The molecule has 2 aromatic carbocycles. The van der Waals surface area contributed by atoms with E-state index < -0.39 is 11.1 Å². The van der Waals surface area contributed by atoms with Gasteiger partial charge in [0.15, 0.2) is 0 Å². The first-order chi connectivity index (χ1) is 14.4. The maximum absolute atomic E-state index is 12.9. The summed E-state index contributed by atoms with van der Waals surface area (Å²) in [6.07, 6.45) is 0. The lowest BCUT2D eigenvalue weighted by atomic mass is 10.1. The SMILES string of the molecule is Cc1cccc(C(=O)Nc2cc3c(cc2N2CCOCC2)n(C)c(=O)c(=O)n3C)c1. The van der Waals surface area contributed by atoms with Gasteiger partial charge >= 0.3 is 11.1 Å². The van der Waals surface area contributed by atoms with Crippen molar-refractivity contribution in [2.75, 3.05) is 36.5 Å². The lowest BCUT2D eigenvalue weighted by Gasteiger charge is -2.31. The van der Waals surface area contributed by atoms with Gasteiger partial charge < -0.3 is 24.1 Å². The molecule has 30 heavy (non-hydrogen) atoms. The molecular formula is C22H24N4O4. The second-order valence-corrected chi connectivity index (χ2v) is 7.51. The van der Waals surface area contributed by atoms with Crippen molar-refractivity contribution in [1.29, 1.82) is 0 Å². The van der Waals surface area contributed by atoms with Gasteiger partial charge in [0.2, 0.25) is 0 Å². The van der Waals surface area contributed by atoms with Crippen molar-refractivity contribution in [1.82, 2.24) is 9.13 Å². The number of ether oxygens (including phenoxy) is 1. The molecule has 4 rings (SSSR count). The van der Waals surface area contributed by atoms with Crippen molar-refractivity contribution in [3.63, 3.8) is 0 Å². The predicted molar refractivity (Wildman–Crippen MR) is 117 cm³/mol. The fourth-order valence-electron chi connectivity index (χ4n) is 3.76. The van der Waals surface area contributed by atoms with Crippen LogP contribution in [0.15, 0.2) is 46.0 Å². The number of hydrogen-bond acceptors (Lipinski definition) is 5. The maximum Gasteiger partial charge on any atom is 0.316 e. The van der Waals surface area contributed by atoms with Crippen LogP contribution < -0.4 is 21.3 Å². The number of carbonyl (C=O) groups excluding carboxylic acids is 1. The zero-order chi connectivity index (χ0) is 21.4. The van der Waals surface area contributed by atoms with Crippen molar-refractivity contribution < 1.29 is 9.53 Å². The van der Waals surface area contributed by atoms with Crippen LogP contribution >= 0.6 is 0 Å². The molecule has 0 radical (unpaired) electrons. The summed E-state index contributed by atoms with van der Waals surface area (Å²) in [7, 11) is 3.15. The Labute approximate surface area is 173 Å². The van der Waals surface area contributed by atoms with Crippen LogP contribution in [0.5, 0.6) is 0 Å². The van der Waals surface area contributed by atoms with Gasteiger partial charge in [-0.2, -0.15) is 0 Å². The standard InChI is InChI=1S/C22H24N4O4/c1-14-5-4-6-15(11-14)20(27)23-16-12-18-19(25(3)22(29)21(28)24(18)2)13-17(16)26-7-9-30-10-8-26/h4-6,11-13H,7-10H2,1-3H3,(H,23,27). The summed E-state index contributed by atoms with van der Waals surface area (Å²) in [5.41, 5.74) is 2.92. The van der Waals surface area contributed by atoms with E-state index in [9.17, 15) is 14.4 Å². The molecular weight excluding hydrogens is 384 g/mol. The second kappa shape index (κ2) is 7.79. The van der Waals surface area contributed by atoms with E-state index in [0.717, 1.165) is 11.3 Å². The Bertz CT molecular complexity index is 1250. The van der Waals surface area contributed by atoms with Crippen LogP contribution in [0.2, 0.25) is 0 Å². The largest absolute Gasteiger partial charge is 0.378 e. The van der Waals surface area contributed by atoms with Crippen molar-refractivity contribution in [3.05, 3.63) is 68.2 Å². The fraction of sp³-hybridized carbons (Fsp3) is 0.318. The highest BCUT2D eigenvalue weighted by Crippen LogP contribution is 2.31. The lowest BCUT2D eigenvalue weighted by Crippen LogP contribution is -2.40. The van der Waals surface area contributed by atoms with Gasteiger partial charge in [-0.25, -0.2) is 0 Å². The highest BCUT2D eigenvalue weighted by Gasteiger charge is 2.20. The van der Waals surface area contributed by atoms with Gasteiger partial charge in [-0.15, -0.1) is 0 Å². The minimum absolute atomic E-state index is 0.234. The molecule has 1 saturated heterocycles. The second-order valence-electron chi connectivity index (χ2n) is 7.51. The summed E-state index contributed by atoms with van der Waals surface area (Å²) in [4.78, 5) is 39.6. The number of anilines is 2. The normalized spacial score (nSPS) is 14.2. The highest BCUT2D eigenvalue weighted by molar-refractivity contribution is 6.07. The number of morpholine rings is 1. The van der Waals surface area contributed by atoms with E-state index in [4.69, 9.17) is 4.74 Å². The minimum Gasteiger partial charge on any atom is -0.378 e. The Morgan fingerprint density at radius 1 is 0.967 bits per heavy atom. The number of fused-ring (bicyclic) bond motifs is 1. The molecule has 0 aliphatic carbocycles. The molecule has 1 aliphatic heterocycles. The molecule has 156 valence electrons. The molecule has 1 amide bonds. The van der Waals surface area contributed by atoms with Crippen LogP contribution in [0, 0.1) is 6.92 Å². The number of aromatic nitrogens is 2. The number of carbonyl (C=O) groups is 1. The van der Waals surface area contributed by atoms with Gasteiger partial charge in [0, 0.05) is 32.7 Å². The molecule has 0 unspecified atom stereocenters. The van der Waals surface area contributed by atoms with Crippen LogP contribution in [0.25, 0.3) is 11.0 Å². The molecule has 0 spiro atoms. The number of rotatable bonds is 3. The fourth-order valence-corrected chi connectivity index (χ4v) is 3.76. The van der Waals surface area contributed by atoms with Crippen molar-refractivity contribution in [3.8, 4) is 0 Å². The quantitative estimate of drug-likeness (QED) is 0.666. The topological polar surface area (TPSA) is 85.6 Å². The molecule has 3 aromatic rings. The van der Waals surface area contributed by atoms with E-state index in [1.54, 1.807) is 26.2 Å². The average Bonchev–Trinajstić information content (AvgIpc) is 2.76. The third-order valence-corrected chi connectivity index (χ3v) is 5.49. The first-order valence-corrected chi connectivity index (χ1v) is 9.81. The van der Waals surface area contributed by atoms with E-state index in [0.29, 0.717) is 48.6 Å². The van der Waals surface area contributed by atoms with Gasteiger partial charge in [0.25, 0.3) is 5.91 Å². The zero-order valence-electron chi connectivity index (χ0n) is 17.3. The summed E-state index contributed by atoms with van der Waals surface area (Å²) < 4.78 is 8.14. The molecule has 2 heterocycles. The van der Waals surface area contributed by atoms with Crippen molar-refractivity contribution in [2.45, 2.75) is 6.92 Å². The molecule has 1 aliphatic rings. The average molecular weight is 408 g/mol. The summed E-state index contributed by atoms with van der Waals surface area (Å²) in [6.45, 7) is 4.42. The third-order valence-electron chi connectivity index (χ3n) is 5.49. The van der Waals surface area contributed by atoms with Gasteiger partial charge in [-0.05, 0) is 31.2 Å². The Kier molecular flexibility index (Phi) is 5.17. The minimum atomic E-state index is -0.611. The number of hydrogen-bond donors (Lipinski definition) is 1. The number of benzene rings is 2. The van der Waals surface area contributed by atoms with Gasteiger partial charge in [-0.3, -0.25) is 14.4 Å². The molecule has 8 nitrogen and oxygen atoms in total. The summed E-state index contributed by atoms with van der Waals surface area (Å²) in [6, 6.07) is 11.0. The Morgan fingerprint density at radius 3 is 2.23 bits per heavy atom. The van der Waals surface area contributed by atoms with Crippen LogP contribution in [0.4, 0.5) is 11.4 Å². The first-order valence-electron chi connectivity index (χ1n) is 9.81. The van der Waals surface area contributed by atoms with Gasteiger partial charge in [-0.1, -0.05) is 17.7 Å². The first kappa shape index (κ1) is 19.9. The monoisotopic (exact) mass is 408 g/mol. The maximum atomic E-state index is 12.9. The summed E-state index contributed by atoms with van der Waals surface area (Å²) >= 11 is 0. The van der Waals surface area contributed by atoms with Gasteiger partial charge in [0.05, 0.1) is 35.6 Å². The molecule has 1 aromatic heterocycles. The van der Waals surface area contributed by atoms with Crippen molar-refractivity contribution in [2.24, 2.45) is 14.1 Å². The molecule has 0 bridgehead atoms. The predicted octanol–water partition coefficient (Wildman–Crippen LogP) is 1.63. The van der Waals surface area contributed by atoms with Crippen molar-refractivity contribution >= 4 is 28.3 Å². The number of amides is 1. The smallest absolute Gasteiger partial charge is 0.316 e. The lowest BCUT2D eigenvalue weighted by molar-refractivity contribution is 0.102. The van der Waals surface area contributed by atoms with Gasteiger partial charge in [0.1, 0.15) is 0 Å². The number of nitrogens with zero attached hydrogens (tertiary/aromatic N) is 3. The molecule has 1 N–H and O–H groups in total. The molecule has 0 saturated carbocycles. The highest BCUT2D eigenvalue weighted by atomic mass is 16.5. The number of nitrogens with one attached hydrogen (secondary N) is 1. The van der Waals surface area contributed by atoms with Crippen LogP contribution in [0.1, 0.15) is 15.9 Å². The summed E-state index contributed by atoms with van der Waals surface area (Å²) in [5.74, 6) is -0.234. The Balaban J connectivity index is 1.88. The molecule has 1 fully saturated rings. The van der Waals surface area contributed by atoms with Crippen LogP contribution in [0.3, 0.4) is 0 Å². The van der Waals surface area contributed by atoms with Crippen LogP contribution in [-0.4, -0.2) is 41.3 Å². The Morgan fingerprint density at radius 2 is 1.60 bits per heavy atom. The number of aryl methyl sites for hydroxylation is 3. The van der Waals surface area contributed by atoms with Crippen LogP contribution in [-0.2, 0) is 18.8 Å². The van der Waals surface area contributed by atoms with E-state index in [2.05, 4.69) is 10.2 Å². The van der Waals surface area contributed by atoms with E-state index in [1.165, 1.54) is 9.13 Å². The molecule has 0 atom stereocenters. The zero-order valence-corrected chi connectivity index (χ0v) is 17.3. The van der Waals surface area contributed by atoms with E-state index >= 15 is 0 Å². The summed E-state index contributed by atoms with van der Waals surface area (Å²) in [5, 5.41) is 3.00. The third kappa shape index (κ3) is 3.50. The van der Waals surface area contributed by atoms with E-state index in [1.807, 2.05) is 31.2 Å². The molecule has 8 heteroatoms.